The first kappa shape index (κ1) is 21.1. The van der Waals surface area contributed by atoms with Gasteiger partial charge in [0, 0.05) is 29.9 Å². The second-order valence-corrected chi connectivity index (χ2v) is 10.1. The van der Waals surface area contributed by atoms with Gasteiger partial charge >= 0.3 is 0 Å². The molecule has 1 N–H and O–H groups in total. The number of benzene rings is 1. The van der Waals surface area contributed by atoms with Crippen LogP contribution in [0.25, 0.3) is 10.4 Å². The summed E-state index contributed by atoms with van der Waals surface area (Å²) in [5.74, 6) is 0.661. The molecule has 0 radical (unpaired) electrons. The molecule has 0 spiro atoms. The minimum atomic E-state index is -0.464. The molecule has 1 aliphatic heterocycles. The lowest BCUT2D eigenvalue weighted by Gasteiger charge is -2.43. The molecule has 0 bridgehead atoms. The van der Waals surface area contributed by atoms with Crippen LogP contribution in [-0.4, -0.2) is 35.8 Å². The molecule has 2 heterocycles. The number of carbonyl (C=O) groups is 2. The van der Waals surface area contributed by atoms with E-state index in [0.29, 0.717) is 25.4 Å². The highest BCUT2D eigenvalue weighted by atomic mass is 32.1. The Balaban J connectivity index is 1.57. The maximum Gasteiger partial charge on any atom is 0.226 e. The van der Waals surface area contributed by atoms with Gasteiger partial charge in [0.2, 0.25) is 11.8 Å². The summed E-state index contributed by atoms with van der Waals surface area (Å²) in [7, 11) is 0. The van der Waals surface area contributed by atoms with Gasteiger partial charge in [0.25, 0.3) is 0 Å². The van der Waals surface area contributed by atoms with Crippen LogP contribution in [0, 0.1) is 11.3 Å². The Kier molecular flexibility index (Phi) is 6.28. The normalized spacial score (nSPS) is 18.8. The Morgan fingerprint density at radius 1 is 1.13 bits per heavy atom. The summed E-state index contributed by atoms with van der Waals surface area (Å²) in [4.78, 5) is 29.4. The summed E-state index contributed by atoms with van der Waals surface area (Å²) >= 11 is 1.73. The van der Waals surface area contributed by atoms with Crippen molar-refractivity contribution < 1.29 is 9.59 Å². The van der Waals surface area contributed by atoms with E-state index in [-0.39, 0.29) is 17.9 Å². The molecule has 2 aliphatic rings. The van der Waals surface area contributed by atoms with Crippen molar-refractivity contribution in [3.05, 3.63) is 47.3 Å². The highest BCUT2D eigenvalue weighted by Gasteiger charge is 2.44. The van der Waals surface area contributed by atoms with E-state index in [9.17, 15) is 9.59 Å². The van der Waals surface area contributed by atoms with E-state index in [1.165, 1.54) is 22.4 Å². The summed E-state index contributed by atoms with van der Waals surface area (Å²) in [6, 6.07) is 12.8. The van der Waals surface area contributed by atoms with Gasteiger partial charge in [-0.15, -0.1) is 11.3 Å². The molecule has 0 atom stereocenters. The van der Waals surface area contributed by atoms with Gasteiger partial charge < -0.3 is 10.2 Å². The minimum absolute atomic E-state index is 0.108. The molecule has 2 amide bonds. The fraction of sp³-hybridized carbons (Fsp3) is 0.520. The molecule has 4 nitrogen and oxygen atoms in total. The van der Waals surface area contributed by atoms with Crippen LogP contribution in [0.4, 0.5) is 0 Å². The number of piperidine rings is 1. The lowest BCUT2D eigenvalue weighted by atomic mass is 9.71. The van der Waals surface area contributed by atoms with Crippen LogP contribution in [-0.2, 0) is 16.0 Å². The number of carbonyl (C=O) groups excluding carboxylic acids is 2. The molecule has 1 saturated carbocycles. The first-order valence-electron chi connectivity index (χ1n) is 11.2. The second-order valence-electron chi connectivity index (χ2n) is 9.17. The summed E-state index contributed by atoms with van der Waals surface area (Å²) in [5.41, 5.74) is 1.98. The van der Waals surface area contributed by atoms with Crippen LogP contribution < -0.4 is 5.32 Å². The van der Waals surface area contributed by atoms with Gasteiger partial charge in [-0.1, -0.05) is 36.8 Å². The Morgan fingerprint density at radius 2 is 1.87 bits per heavy atom. The van der Waals surface area contributed by atoms with Crippen molar-refractivity contribution in [2.45, 2.75) is 58.4 Å². The molecule has 2 aromatic rings. The van der Waals surface area contributed by atoms with Crippen molar-refractivity contribution in [3.63, 3.8) is 0 Å². The van der Waals surface area contributed by atoms with E-state index in [2.05, 4.69) is 47.1 Å². The molecule has 1 aromatic carbocycles. The Bertz CT molecular complexity index is 878. The Hall–Kier alpha value is -2.14. The van der Waals surface area contributed by atoms with Crippen molar-refractivity contribution in [1.29, 1.82) is 0 Å². The molecule has 30 heavy (non-hydrogen) atoms. The minimum Gasteiger partial charge on any atom is -0.353 e. The SMILES string of the molecule is CC(C)NC(=O)C1(Cc2ccccc2-c2cccs2)CCN(C(=O)C2CCC2)CC1. The van der Waals surface area contributed by atoms with E-state index < -0.39 is 5.41 Å². The van der Waals surface area contributed by atoms with Gasteiger partial charge in [-0.25, -0.2) is 0 Å². The summed E-state index contributed by atoms with van der Waals surface area (Å²) < 4.78 is 0. The molecule has 160 valence electrons. The van der Waals surface area contributed by atoms with Crippen molar-refractivity contribution in [2.75, 3.05) is 13.1 Å². The zero-order valence-corrected chi connectivity index (χ0v) is 18.8. The van der Waals surface area contributed by atoms with Gasteiger partial charge in [-0.05, 0) is 68.5 Å². The molecule has 1 aromatic heterocycles. The molecule has 0 unspecified atom stereocenters. The summed E-state index contributed by atoms with van der Waals surface area (Å²) in [6.45, 7) is 5.39. The first-order chi connectivity index (χ1) is 14.5. The average Bonchev–Trinajstić information content (AvgIpc) is 3.21. The van der Waals surface area contributed by atoms with Crippen molar-refractivity contribution in [1.82, 2.24) is 10.2 Å². The number of rotatable bonds is 6. The van der Waals surface area contributed by atoms with E-state index in [1.807, 2.05) is 18.7 Å². The van der Waals surface area contributed by atoms with Crippen LogP contribution in [0.15, 0.2) is 41.8 Å². The van der Waals surface area contributed by atoms with Gasteiger partial charge in [-0.2, -0.15) is 0 Å². The van der Waals surface area contributed by atoms with E-state index in [4.69, 9.17) is 0 Å². The van der Waals surface area contributed by atoms with Crippen molar-refractivity contribution >= 4 is 23.2 Å². The average molecular weight is 425 g/mol. The fourth-order valence-electron chi connectivity index (χ4n) is 4.68. The van der Waals surface area contributed by atoms with Crippen LogP contribution in [0.3, 0.4) is 0 Å². The zero-order valence-electron chi connectivity index (χ0n) is 18.0. The van der Waals surface area contributed by atoms with E-state index in [0.717, 1.165) is 25.7 Å². The third-order valence-corrected chi connectivity index (χ3v) is 7.62. The summed E-state index contributed by atoms with van der Waals surface area (Å²) in [5, 5.41) is 5.27. The number of thiophene rings is 1. The lowest BCUT2D eigenvalue weighted by Crippen LogP contribution is -2.53. The van der Waals surface area contributed by atoms with Crippen LogP contribution in [0.1, 0.15) is 51.5 Å². The van der Waals surface area contributed by atoms with Gasteiger partial charge in [0.05, 0.1) is 5.41 Å². The Morgan fingerprint density at radius 3 is 2.47 bits per heavy atom. The third kappa shape index (κ3) is 4.31. The molecule has 5 heteroatoms. The van der Waals surface area contributed by atoms with Crippen LogP contribution >= 0.6 is 11.3 Å². The summed E-state index contributed by atoms with van der Waals surface area (Å²) in [6.07, 6.45) is 5.39. The van der Waals surface area contributed by atoms with Crippen LogP contribution in [0.5, 0.6) is 0 Å². The number of nitrogens with zero attached hydrogens (tertiary/aromatic N) is 1. The highest BCUT2D eigenvalue weighted by molar-refractivity contribution is 7.13. The predicted octanol–water partition coefficient (Wildman–Crippen LogP) is 4.89. The van der Waals surface area contributed by atoms with Gasteiger partial charge in [0.1, 0.15) is 0 Å². The number of hydrogen-bond donors (Lipinski definition) is 1. The maximum atomic E-state index is 13.4. The van der Waals surface area contributed by atoms with E-state index in [1.54, 1.807) is 11.3 Å². The number of likely N-dealkylation sites (tertiary alicyclic amines) is 1. The molecule has 1 aliphatic carbocycles. The molecular weight excluding hydrogens is 392 g/mol. The maximum absolute atomic E-state index is 13.4. The number of amides is 2. The van der Waals surface area contributed by atoms with Crippen molar-refractivity contribution in [2.24, 2.45) is 11.3 Å². The molecular formula is C25H32N2O2S. The smallest absolute Gasteiger partial charge is 0.226 e. The zero-order chi connectivity index (χ0) is 21.1. The van der Waals surface area contributed by atoms with Gasteiger partial charge in [0.15, 0.2) is 0 Å². The predicted molar refractivity (Wildman–Crippen MR) is 122 cm³/mol. The highest BCUT2D eigenvalue weighted by Crippen LogP contribution is 2.40. The van der Waals surface area contributed by atoms with Crippen molar-refractivity contribution in [3.8, 4) is 10.4 Å². The third-order valence-electron chi connectivity index (χ3n) is 6.72. The first-order valence-corrected chi connectivity index (χ1v) is 12.1. The Labute approximate surface area is 183 Å². The molecule has 4 rings (SSSR count). The molecule has 1 saturated heterocycles. The topological polar surface area (TPSA) is 49.4 Å². The van der Waals surface area contributed by atoms with E-state index >= 15 is 0 Å². The second kappa shape index (κ2) is 8.93. The molecule has 2 fully saturated rings. The largest absolute Gasteiger partial charge is 0.353 e. The van der Waals surface area contributed by atoms with Gasteiger partial charge in [-0.3, -0.25) is 9.59 Å². The monoisotopic (exact) mass is 424 g/mol. The fourth-order valence-corrected chi connectivity index (χ4v) is 5.47. The number of nitrogens with one attached hydrogen (secondary N) is 1. The quantitative estimate of drug-likeness (QED) is 0.718. The van der Waals surface area contributed by atoms with Crippen LogP contribution in [0.2, 0.25) is 0 Å². The standard InChI is InChI=1S/C25H32N2O2S/c1-18(2)26-24(29)25(12-14-27(15-13-25)23(28)19-8-5-9-19)17-20-7-3-4-10-21(20)22-11-6-16-30-22/h3-4,6-7,10-11,16,18-19H,5,8-9,12-15,17H2,1-2H3,(H,26,29). The lowest BCUT2D eigenvalue weighted by molar-refractivity contribution is -0.145. The number of hydrogen-bond acceptors (Lipinski definition) is 3.